The van der Waals surface area contributed by atoms with Gasteiger partial charge in [0.1, 0.15) is 0 Å². The maximum Gasteiger partial charge on any atom is 0.471 e. The van der Waals surface area contributed by atoms with Gasteiger partial charge >= 0.3 is 12.1 Å². The van der Waals surface area contributed by atoms with Gasteiger partial charge in [0.15, 0.2) is 0 Å². The van der Waals surface area contributed by atoms with Crippen molar-refractivity contribution >= 4 is 5.91 Å². The summed E-state index contributed by atoms with van der Waals surface area (Å²) < 4.78 is 37.0. The van der Waals surface area contributed by atoms with Gasteiger partial charge in [-0.25, -0.2) is 0 Å². The molecule has 1 heterocycles. The Labute approximate surface area is 93.0 Å². The van der Waals surface area contributed by atoms with E-state index in [1.54, 1.807) is 0 Å². The zero-order valence-corrected chi connectivity index (χ0v) is 9.47. The van der Waals surface area contributed by atoms with Crippen LogP contribution < -0.4 is 5.32 Å². The van der Waals surface area contributed by atoms with E-state index in [1.165, 1.54) is 0 Å². The highest BCUT2D eigenvalue weighted by Gasteiger charge is 2.45. The molecule has 1 saturated heterocycles. The van der Waals surface area contributed by atoms with Gasteiger partial charge in [-0.1, -0.05) is 13.8 Å². The molecule has 94 valence electrons. The summed E-state index contributed by atoms with van der Waals surface area (Å²) in [5, 5.41) is 3.02. The summed E-state index contributed by atoms with van der Waals surface area (Å²) in [6, 6.07) is -0.345. The lowest BCUT2D eigenvalue weighted by Crippen LogP contribution is -2.57. The van der Waals surface area contributed by atoms with Crippen LogP contribution in [0.4, 0.5) is 13.2 Å². The molecule has 3 nitrogen and oxygen atoms in total. The Kier molecular flexibility index (Phi) is 4.18. The molecule has 1 N–H and O–H groups in total. The molecule has 0 spiro atoms. The molecule has 0 bridgehead atoms. The second-order valence-corrected chi connectivity index (χ2v) is 4.48. The van der Waals surface area contributed by atoms with E-state index in [1.807, 2.05) is 13.8 Å². The second-order valence-electron chi connectivity index (χ2n) is 4.48. The number of amides is 1. The molecular formula is C10H17F3N2O. The zero-order chi connectivity index (χ0) is 12.3. The highest BCUT2D eigenvalue weighted by Crippen LogP contribution is 2.22. The van der Waals surface area contributed by atoms with Crippen molar-refractivity contribution in [2.24, 2.45) is 5.92 Å². The van der Waals surface area contributed by atoms with Gasteiger partial charge in [0.2, 0.25) is 0 Å². The quantitative estimate of drug-likeness (QED) is 0.788. The van der Waals surface area contributed by atoms with Crippen LogP contribution in [0.25, 0.3) is 0 Å². The van der Waals surface area contributed by atoms with E-state index < -0.39 is 12.1 Å². The van der Waals surface area contributed by atoms with E-state index in [-0.39, 0.29) is 18.5 Å². The van der Waals surface area contributed by atoms with E-state index in [4.69, 9.17) is 0 Å². The molecule has 0 aromatic heterocycles. The summed E-state index contributed by atoms with van der Waals surface area (Å²) in [4.78, 5) is 12.1. The summed E-state index contributed by atoms with van der Waals surface area (Å²) >= 11 is 0. The lowest BCUT2D eigenvalue weighted by Gasteiger charge is -2.37. The Morgan fingerprint density at radius 3 is 2.62 bits per heavy atom. The molecule has 1 rings (SSSR count). The van der Waals surface area contributed by atoms with Crippen molar-refractivity contribution in [3.05, 3.63) is 0 Å². The number of piperazine rings is 1. The number of nitrogens with one attached hydrogen (secondary N) is 1. The van der Waals surface area contributed by atoms with E-state index in [2.05, 4.69) is 5.32 Å². The highest BCUT2D eigenvalue weighted by molar-refractivity contribution is 5.82. The number of halogens is 3. The van der Waals surface area contributed by atoms with Crippen LogP contribution in [-0.4, -0.2) is 42.7 Å². The number of carbonyl (C=O) groups is 1. The fraction of sp³-hybridized carbons (Fsp3) is 0.900. The molecular weight excluding hydrogens is 221 g/mol. The van der Waals surface area contributed by atoms with Crippen molar-refractivity contribution in [2.75, 3.05) is 19.6 Å². The minimum Gasteiger partial charge on any atom is -0.329 e. The predicted molar refractivity (Wildman–Crippen MR) is 53.9 cm³/mol. The molecule has 6 heteroatoms. The average molecular weight is 238 g/mol. The zero-order valence-electron chi connectivity index (χ0n) is 9.47. The molecule has 1 unspecified atom stereocenters. The van der Waals surface area contributed by atoms with Crippen LogP contribution in [0.2, 0.25) is 0 Å². The Morgan fingerprint density at radius 1 is 1.50 bits per heavy atom. The van der Waals surface area contributed by atoms with Crippen molar-refractivity contribution in [2.45, 2.75) is 32.5 Å². The predicted octanol–water partition coefficient (Wildman–Crippen LogP) is 1.40. The number of rotatable bonds is 2. The van der Waals surface area contributed by atoms with Crippen LogP contribution in [0.15, 0.2) is 0 Å². The summed E-state index contributed by atoms with van der Waals surface area (Å²) in [7, 11) is 0. The molecule has 16 heavy (non-hydrogen) atoms. The number of carbonyl (C=O) groups excluding carboxylic acids is 1. The van der Waals surface area contributed by atoms with Crippen LogP contribution in [0, 0.1) is 5.92 Å². The Bertz CT molecular complexity index is 253. The van der Waals surface area contributed by atoms with Crippen molar-refractivity contribution in [1.29, 1.82) is 0 Å². The van der Waals surface area contributed by atoms with E-state index >= 15 is 0 Å². The third kappa shape index (κ3) is 3.37. The molecule has 0 saturated carbocycles. The third-order valence-corrected chi connectivity index (χ3v) is 2.60. The van der Waals surface area contributed by atoms with Gasteiger partial charge in [0.05, 0.1) is 0 Å². The van der Waals surface area contributed by atoms with E-state index in [9.17, 15) is 18.0 Å². The van der Waals surface area contributed by atoms with Gasteiger partial charge < -0.3 is 10.2 Å². The van der Waals surface area contributed by atoms with E-state index in [0.717, 1.165) is 4.90 Å². The van der Waals surface area contributed by atoms with Gasteiger partial charge in [0.25, 0.3) is 0 Å². The maximum absolute atomic E-state index is 12.3. The molecule has 0 aromatic rings. The summed E-state index contributed by atoms with van der Waals surface area (Å²) in [5.41, 5.74) is 0. The van der Waals surface area contributed by atoms with Gasteiger partial charge in [0, 0.05) is 25.7 Å². The fourth-order valence-electron chi connectivity index (χ4n) is 1.95. The van der Waals surface area contributed by atoms with Crippen molar-refractivity contribution < 1.29 is 18.0 Å². The summed E-state index contributed by atoms with van der Waals surface area (Å²) in [5.74, 6) is -1.44. The average Bonchev–Trinajstić information content (AvgIpc) is 2.15. The van der Waals surface area contributed by atoms with Crippen LogP contribution >= 0.6 is 0 Å². The number of alkyl halides is 3. The minimum absolute atomic E-state index is 0.135. The molecule has 1 aliphatic heterocycles. The van der Waals surface area contributed by atoms with Gasteiger partial charge in [-0.05, 0) is 12.3 Å². The number of nitrogens with zero attached hydrogens (tertiary/aromatic N) is 1. The van der Waals surface area contributed by atoms with Crippen molar-refractivity contribution in [1.82, 2.24) is 10.2 Å². The monoisotopic (exact) mass is 238 g/mol. The minimum atomic E-state index is -4.76. The largest absolute Gasteiger partial charge is 0.471 e. The maximum atomic E-state index is 12.3. The van der Waals surface area contributed by atoms with Crippen LogP contribution in [0.1, 0.15) is 20.3 Å². The Morgan fingerprint density at radius 2 is 2.12 bits per heavy atom. The van der Waals surface area contributed by atoms with Gasteiger partial charge in [-0.15, -0.1) is 0 Å². The molecule has 1 aliphatic rings. The number of hydrogen-bond acceptors (Lipinski definition) is 2. The first-order chi connectivity index (χ1) is 7.32. The standard InChI is InChI=1S/C10H17F3N2O/c1-7(2)5-8-6-14-3-4-15(8)9(16)10(11,12)13/h7-8,14H,3-6H2,1-2H3. The third-order valence-electron chi connectivity index (χ3n) is 2.60. The molecule has 1 amide bonds. The van der Waals surface area contributed by atoms with Crippen molar-refractivity contribution in [3.8, 4) is 0 Å². The normalized spacial score (nSPS) is 22.6. The van der Waals surface area contributed by atoms with Gasteiger partial charge in [-0.2, -0.15) is 13.2 Å². The summed E-state index contributed by atoms with van der Waals surface area (Å²) in [6.45, 7) is 4.88. The first kappa shape index (κ1) is 13.3. The second kappa shape index (κ2) is 5.03. The molecule has 0 aromatic carbocycles. The van der Waals surface area contributed by atoms with E-state index in [0.29, 0.717) is 19.5 Å². The topological polar surface area (TPSA) is 32.3 Å². The molecule has 1 atom stereocenters. The summed E-state index contributed by atoms with van der Waals surface area (Å²) in [6.07, 6.45) is -4.17. The van der Waals surface area contributed by atoms with Crippen LogP contribution in [-0.2, 0) is 4.79 Å². The smallest absolute Gasteiger partial charge is 0.329 e. The Balaban J connectivity index is 2.70. The van der Waals surface area contributed by atoms with Gasteiger partial charge in [-0.3, -0.25) is 4.79 Å². The first-order valence-electron chi connectivity index (χ1n) is 5.41. The molecule has 0 aliphatic carbocycles. The first-order valence-corrected chi connectivity index (χ1v) is 5.41. The fourth-order valence-corrected chi connectivity index (χ4v) is 1.95. The molecule has 1 fully saturated rings. The number of hydrogen-bond donors (Lipinski definition) is 1. The molecule has 0 radical (unpaired) electrons. The lowest BCUT2D eigenvalue weighted by molar-refractivity contribution is -0.188. The SMILES string of the molecule is CC(C)CC1CNCCN1C(=O)C(F)(F)F. The Hall–Kier alpha value is -0.780. The van der Waals surface area contributed by atoms with Crippen LogP contribution in [0.5, 0.6) is 0 Å². The van der Waals surface area contributed by atoms with Crippen molar-refractivity contribution in [3.63, 3.8) is 0 Å². The highest BCUT2D eigenvalue weighted by atomic mass is 19.4. The lowest BCUT2D eigenvalue weighted by atomic mass is 10.0. The van der Waals surface area contributed by atoms with Crippen LogP contribution in [0.3, 0.4) is 0 Å².